The van der Waals surface area contributed by atoms with Crippen molar-refractivity contribution >= 4 is 16.9 Å². The molecule has 0 radical (unpaired) electrons. The van der Waals surface area contributed by atoms with Crippen molar-refractivity contribution in [1.82, 2.24) is 15.3 Å². The molecule has 2 aromatic carbocycles. The SMILES string of the molecule is Cc1ccc(CCC(=O)NCCCc2nc3ccccc3[nH]2)c(C)c1. The number of para-hydroxylation sites is 2. The summed E-state index contributed by atoms with van der Waals surface area (Å²) in [5.41, 5.74) is 5.84. The zero-order chi connectivity index (χ0) is 17.6. The van der Waals surface area contributed by atoms with E-state index in [1.165, 1.54) is 16.7 Å². The van der Waals surface area contributed by atoms with E-state index >= 15 is 0 Å². The first-order valence-corrected chi connectivity index (χ1v) is 8.88. The predicted octanol–water partition coefficient (Wildman–Crippen LogP) is 3.86. The number of imidazole rings is 1. The van der Waals surface area contributed by atoms with Crippen LogP contribution in [0.4, 0.5) is 0 Å². The molecule has 0 atom stereocenters. The number of amides is 1. The second-order valence-electron chi connectivity index (χ2n) is 6.58. The molecular weight excluding hydrogens is 310 g/mol. The van der Waals surface area contributed by atoms with Crippen LogP contribution in [0, 0.1) is 13.8 Å². The van der Waals surface area contributed by atoms with E-state index in [-0.39, 0.29) is 5.91 Å². The molecule has 130 valence electrons. The van der Waals surface area contributed by atoms with E-state index in [0.29, 0.717) is 13.0 Å². The van der Waals surface area contributed by atoms with Crippen LogP contribution in [-0.4, -0.2) is 22.4 Å². The Kier molecular flexibility index (Phi) is 5.49. The lowest BCUT2D eigenvalue weighted by molar-refractivity contribution is -0.121. The van der Waals surface area contributed by atoms with E-state index in [1.54, 1.807) is 0 Å². The Balaban J connectivity index is 1.39. The first-order chi connectivity index (χ1) is 12.1. The molecule has 0 spiro atoms. The number of nitrogens with zero attached hydrogens (tertiary/aromatic N) is 1. The number of hydrogen-bond donors (Lipinski definition) is 2. The minimum Gasteiger partial charge on any atom is -0.356 e. The Morgan fingerprint density at radius 3 is 2.76 bits per heavy atom. The van der Waals surface area contributed by atoms with Crippen LogP contribution in [0.5, 0.6) is 0 Å². The van der Waals surface area contributed by atoms with Crippen molar-refractivity contribution in [2.75, 3.05) is 6.54 Å². The first-order valence-electron chi connectivity index (χ1n) is 8.88. The van der Waals surface area contributed by atoms with Gasteiger partial charge in [0.2, 0.25) is 5.91 Å². The highest BCUT2D eigenvalue weighted by Gasteiger charge is 2.05. The van der Waals surface area contributed by atoms with Gasteiger partial charge in [-0.2, -0.15) is 0 Å². The van der Waals surface area contributed by atoms with Gasteiger partial charge in [0.1, 0.15) is 5.82 Å². The lowest BCUT2D eigenvalue weighted by atomic mass is 10.0. The van der Waals surface area contributed by atoms with Crippen molar-refractivity contribution in [3.63, 3.8) is 0 Å². The third-order valence-corrected chi connectivity index (χ3v) is 4.47. The Bertz CT molecular complexity index is 833. The zero-order valence-corrected chi connectivity index (χ0v) is 14.9. The molecule has 4 nitrogen and oxygen atoms in total. The summed E-state index contributed by atoms with van der Waals surface area (Å²) < 4.78 is 0. The smallest absolute Gasteiger partial charge is 0.220 e. The topological polar surface area (TPSA) is 57.8 Å². The Morgan fingerprint density at radius 1 is 1.12 bits per heavy atom. The quantitative estimate of drug-likeness (QED) is 0.644. The third-order valence-electron chi connectivity index (χ3n) is 4.47. The van der Waals surface area contributed by atoms with Crippen LogP contribution >= 0.6 is 0 Å². The van der Waals surface area contributed by atoms with Crippen LogP contribution in [0.1, 0.15) is 35.4 Å². The molecule has 0 saturated heterocycles. The van der Waals surface area contributed by atoms with E-state index in [2.05, 4.69) is 47.3 Å². The van der Waals surface area contributed by atoms with Crippen LogP contribution in [0.3, 0.4) is 0 Å². The fourth-order valence-corrected chi connectivity index (χ4v) is 3.07. The van der Waals surface area contributed by atoms with E-state index in [1.807, 2.05) is 24.3 Å². The highest BCUT2D eigenvalue weighted by atomic mass is 16.1. The lowest BCUT2D eigenvalue weighted by Crippen LogP contribution is -2.25. The standard InChI is InChI=1S/C21H25N3O/c1-15-9-10-17(16(2)14-15)11-12-21(25)22-13-5-8-20-23-18-6-3-4-7-19(18)24-20/h3-4,6-7,9-10,14H,5,8,11-13H2,1-2H3,(H,22,25)(H,23,24). The number of H-pyrrole nitrogens is 1. The molecule has 2 N–H and O–H groups in total. The number of aromatic amines is 1. The summed E-state index contributed by atoms with van der Waals surface area (Å²) in [5.74, 6) is 1.09. The monoisotopic (exact) mass is 335 g/mol. The normalized spacial score (nSPS) is 11.0. The maximum absolute atomic E-state index is 12.0. The maximum atomic E-state index is 12.0. The lowest BCUT2D eigenvalue weighted by Gasteiger charge is -2.07. The molecule has 0 aliphatic rings. The molecule has 3 aromatic rings. The molecular formula is C21H25N3O. The first kappa shape index (κ1) is 17.2. The molecule has 0 aliphatic carbocycles. The van der Waals surface area contributed by atoms with E-state index in [9.17, 15) is 4.79 Å². The van der Waals surface area contributed by atoms with E-state index in [4.69, 9.17) is 0 Å². The number of aromatic nitrogens is 2. The van der Waals surface area contributed by atoms with Gasteiger partial charge in [0.05, 0.1) is 11.0 Å². The van der Waals surface area contributed by atoms with Crippen LogP contribution in [0.25, 0.3) is 11.0 Å². The van der Waals surface area contributed by atoms with Gasteiger partial charge in [0, 0.05) is 19.4 Å². The van der Waals surface area contributed by atoms with Crippen molar-refractivity contribution in [2.45, 2.75) is 39.5 Å². The van der Waals surface area contributed by atoms with Gasteiger partial charge in [0.25, 0.3) is 0 Å². The van der Waals surface area contributed by atoms with Crippen molar-refractivity contribution in [3.05, 3.63) is 65.0 Å². The summed E-state index contributed by atoms with van der Waals surface area (Å²) in [6, 6.07) is 14.4. The Labute approximate surface area is 148 Å². The molecule has 0 aliphatic heterocycles. The molecule has 4 heteroatoms. The number of nitrogens with one attached hydrogen (secondary N) is 2. The average Bonchev–Trinajstić information content (AvgIpc) is 3.01. The van der Waals surface area contributed by atoms with Crippen molar-refractivity contribution in [3.8, 4) is 0 Å². The fourth-order valence-electron chi connectivity index (χ4n) is 3.07. The minimum absolute atomic E-state index is 0.115. The summed E-state index contributed by atoms with van der Waals surface area (Å²) in [6.07, 6.45) is 3.05. The second-order valence-corrected chi connectivity index (χ2v) is 6.58. The number of carbonyl (C=O) groups is 1. The van der Waals surface area contributed by atoms with Gasteiger partial charge < -0.3 is 10.3 Å². The van der Waals surface area contributed by atoms with Crippen molar-refractivity contribution < 1.29 is 4.79 Å². The Hall–Kier alpha value is -2.62. The second kappa shape index (κ2) is 7.97. The molecule has 3 rings (SSSR count). The number of carbonyl (C=O) groups excluding carboxylic acids is 1. The summed E-state index contributed by atoms with van der Waals surface area (Å²) in [5, 5.41) is 3.01. The summed E-state index contributed by atoms with van der Waals surface area (Å²) >= 11 is 0. The molecule has 0 fully saturated rings. The molecule has 0 unspecified atom stereocenters. The van der Waals surface area contributed by atoms with Gasteiger partial charge in [0.15, 0.2) is 0 Å². The summed E-state index contributed by atoms with van der Waals surface area (Å²) in [6.45, 7) is 4.88. The summed E-state index contributed by atoms with van der Waals surface area (Å²) in [7, 11) is 0. The van der Waals surface area contributed by atoms with Gasteiger partial charge in [-0.3, -0.25) is 4.79 Å². The van der Waals surface area contributed by atoms with Gasteiger partial charge in [-0.05, 0) is 49.9 Å². The highest BCUT2D eigenvalue weighted by Crippen LogP contribution is 2.13. The Morgan fingerprint density at radius 2 is 1.96 bits per heavy atom. The minimum atomic E-state index is 0.115. The summed E-state index contributed by atoms with van der Waals surface area (Å²) in [4.78, 5) is 19.9. The molecule has 1 heterocycles. The van der Waals surface area contributed by atoms with Crippen LogP contribution in [0.2, 0.25) is 0 Å². The van der Waals surface area contributed by atoms with Crippen molar-refractivity contribution in [1.29, 1.82) is 0 Å². The van der Waals surface area contributed by atoms with Crippen LogP contribution in [0.15, 0.2) is 42.5 Å². The van der Waals surface area contributed by atoms with Gasteiger partial charge in [-0.25, -0.2) is 4.98 Å². The zero-order valence-electron chi connectivity index (χ0n) is 14.9. The van der Waals surface area contributed by atoms with Gasteiger partial charge in [-0.15, -0.1) is 0 Å². The highest BCUT2D eigenvalue weighted by molar-refractivity contribution is 5.76. The number of aryl methyl sites for hydroxylation is 4. The molecule has 25 heavy (non-hydrogen) atoms. The van der Waals surface area contributed by atoms with Crippen LogP contribution in [-0.2, 0) is 17.6 Å². The number of fused-ring (bicyclic) bond motifs is 1. The molecule has 1 aromatic heterocycles. The van der Waals surface area contributed by atoms with Gasteiger partial charge in [-0.1, -0.05) is 35.9 Å². The molecule has 1 amide bonds. The number of benzene rings is 2. The fraction of sp³-hybridized carbons (Fsp3) is 0.333. The van der Waals surface area contributed by atoms with Gasteiger partial charge >= 0.3 is 0 Å². The average molecular weight is 335 g/mol. The third kappa shape index (κ3) is 4.69. The maximum Gasteiger partial charge on any atom is 0.220 e. The van der Waals surface area contributed by atoms with E-state index < -0.39 is 0 Å². The van der Waals surface area contributed by atoms with Crippen molar-refractivity contribution in [2.24, 2.45) is 0 Å². The predicted molar refractivity (Wildman–Crippen MR) is 102 cm³/mol. The number of hydrogen-bond acceptors (Lipinski definition) is 2. The molecule has 0 bridgehead atoms. The van der Waals surface area contributed by atoms with E-state index in [0.717, 1.165) is 36.1 Å². The largest absolute Gasteiger partial charge is 0.356 e. The number of rotatable bonds is 7. The van der Waals surface area contributed by atoms with Crippen LogP contribution < -0.4 is 5.32 Å². The molecule has 0 saturated carbocycles.